The number of halogens is 1. The Morgan fingerprint density at radius 3 is 2.25 bits per heavy atom. The summed E-state index contributed by atoms with van der Waals surface area (Å²) in [5.74, 6) is 0.853. The summed E-state index contributed by atoms with van der Waals surface area (Å²) >= 11 is 3.48. The van der Waals surface area contributed by atoms with Gasteiger partial charge in [0.25, 0.3) is 0 Å². The van der Waals surface area contributed by atoms with Crippen molar-refractivity contribution in [2.45, 2.75) is 0 Å². The third-order valence-corrected chi connectivity index (χ3v) is 4.63. The SMILES string of the molecule is O=Cc1cc2nc(-c3ccccc3)n(-c3ccccc3)c2cc1Br. The Bertz CT molecular complexity index is 1020. The number of hydrogen-bond acceptors (Lipinski definition) is 2. The predicted octanol–water partition coefficient (Wildman–Crippen LogP) is 5.27. The smallest absolute Gasteiger partial charge is 0.151 e. The third kappa shape index (κ3) is 2.45. The zero-order valence-electron chi connectivity index (χ0n) is 12.7. The third-order valence-electron chi connectivity index (χ3n) is 3.95. The van der Waals surface area contributed by atoms with Crippen molar-refractivity contribution < 1.29 is 4.79 Å². The molecule has 3 nitrogen and oxygen atoms in total. The molecule has 4 aromatic rings. The van der Waals surface area contributed by atoms with E-state index in [1.54, 1.807) is 0 Å². The number of fused-ring (bicyclic) bond motifs is 1. The number of aromatic nitrogens is 2. The van der Waals surface area contributed by atoms with Crippen molar-refractivity contribution in [3.05, 3.63) is 82.8 Å². The van der Waals surface area contributed by atoms with Crippen LogP contribution < -0.4 is 0 Å². The lowest BCUT2D eigenvalue weighted by molar-refractivity contribution is 0.112. The molecule has 0 spiro atoms. The van der Waals surface area contributed by atoms with Crippen LogP contribution in [0, 0.1) is 0 Å². The van der Waals surface area contributed by atoms with Crippen LogP contribution in [0.1, 0.15) is 10.4 Å². The Labute approximate surface area is 147 Å². The summed E-state index contributed by atoms with van der Waals surface area (Å²) in [6.07, 6.45) is 0.841. The van der Waals surface area contributed by atoms with E-state index >= 15 is 0 Å². The second kappa shape index (κ2) is 6.06. The molecule has 0 bridgehead atoms. The van der Waals surface area contributed by atoms with E-state index in [0.717, 1.165) is 38.9 Å². The molecule has 0 aliphatic rings. The van der Waals surface area contributed by atoms with Gasteiger partial charge in [-0.05, 0) is 40.2 Å². The number of hydrogen-bond donors (Lipinski definition) is 0. The van der Waals surface area contributed by atoms with Gasteiger partial charge < -0.3 is 0 Å². The van der Waals surface area contributed by atoms with Gasteiger partial charge in [0, 0.05) is 21.3 Å². The maximum absolute atomic E-state index is 11.2. The van der Waals surface area contributed by atoms with Crippen LogP contribution >= 0.6 is 15.9 Å². The Hall–Kier alpha value is -2.72. The van der Waals surface area contributed by atoms with Crippen molar-refractivity contribution in [2.75, 3.05) is 0 Å². The number of nitrogens with zero attached hydrogens (tertiary/aromatic N) is 2. The normalized spacial score (nSPS) is 10.9. The van der Waals surface area contributed by atoms with E-state index in [0.29, 0.717) is 5.56 Å². The van der Waals surface area contributed by atoms with E-state index in [9.17, 15) is 4.79 Å². The first-order valence-corrected chi connectivity index (χ1v) is 8.35. The lowest BCUT2D eigenvalue weighted by atomic mass is 10.2. The summed E-state index contributed by atoms with van der Waals surface area (Å²) in [5.41, 5.74) is 4.41. The first-order chi connectivity index (χ1) is 11.8. The minimum absolute atomic E-state index is 0.597. The molecule has 0 unspecified atom stereocenters. The van der Waals surface area contributed by atoms with Gasteiger partial charge in [0.15, 0.2) is 6.29 Å². The van der Waals surface area contributed by atoms with Gasteiger partial charge in [-0.1, -0.05) is 48.5 Å². The number of carbonyl (C=O) groups is 1. The van der Waals surface area contributed by atoms with Gasteiger partial charge in [0.2, 0.25) is 0 Å². The molecule has 0 saturated heterocycles. The van der Waals surface area contributed by atoms with Gasteiger partial charge in [0.05, 0.1) is 11.0 Å². The highest BCUT2D eigenvalue weighted by molar-refractivity contribution is 9.10. The van der Waals surface area contributed by atoms with Crippen molar-refractivity contribution in [2.24, 2.45) is 0 Å². The quantitative estimate of drug-likeness (QED) is 0.456. The fraction of sp³-hybridized carbons (Fsp3) is 0. The second-order valence-electron chi connectivity index (χ2n) is 5.45. The van der Waals surface area contributed by atoms with Gasteiger partial charge in [-0.15, -0.1) is 0 Å². The van der Waals surface area contributed by atoms with Crippen molar-refractivity contribution >= 4 is 33.2 Å². The molecule has 4 rings (SSSR count). The van der Waals surface area contributed by atoms with E-state index in [2.05, 4.69) is 32.6 Å². The van der Waals surface area contributed by atoms with Crippen LogP contribution in [0.5, 0.6) is 0 Å². The number of aldehydes is 1. The summed E-state index contributed by atoms with van der Waals surface area (Å²) in [6.45, 7) is 0. The first kappa shape index (κ1) is 14.8. The Balaban J connectivity index is 2.09. The standard InChI is InChI=1S/C20H13BrN2O/c21-17-12-19-18(11-15(17)13-24)22-20(14-7-3-1-4-8-14)23(19)16-9-5-2-6-10-16/h1-13H. The highest BCUT2D eigenvalue weighted by atomic mass is 79.9. The van der Waals surface area contributed by atoms with Gasteiger partial charge in [-0.2, -0.15) is 0 Å². The molecule has 0 radical (unpaired) electrons. The topological polar surface area (TPSA) is 34.9 Å². The maximum Gasteiger partial charge on any atom is 0.151 e. The molecule has 0 saturated carbocycles. The molecule has 24 heavy (non-hydrogen) atoms. The fourth-order valence-corrected chi connectivity index (χ4v) is 3.25. The molecule has 0 atom stereocenters. The summed E-state index contributed by atoms with van der Waals surface area (Å²) in [7, 11) is 0. The minimum atomic E-state index is 0.597. The van der Waals surface area contributed by atoms with Gasteiger partial charge in [-0.3, -0.25) is 9.36 Å². The van der Waals surface area contributed by atoms with Crippen molar-refractivity contribution in [1.29, 1.82) is 0 Å². The zero-order valence-corrected chi connectivity index (χ0v) is 14.3. The second-order valence-corrected chi connectivity index (χ2v) is 6.31. The molecule has 4 heteroatoms. The average molecular weight is 377 g/mol. The van der Waals surface area contributed by atoms with Crippen molar-refractivity contribution in [3.63, 3.8) is 0 Å². The monoisotopic (exact) mass is 376 g/mol. The van der Waals surface area contributed by atoms with E-state index in [1.807, 2.05) is 60.7 Å². The number of imidazole rings is 1. The number of carbonyl (C=O) groups excluding carboxylic acids is 1. The van der Waals surface area contributed by atoms with E-state index in [4.69, 9.17) is 4.98 Å². The van der Waals surface area contributed by atoms with Crippen molar-refractivity contribution in [3.8, 4) is 17.1 Å². The Morgan fingerprint density at radius 2 is 1.58 bits per heavy atom. The van der Waals surface area contributed by atoms with Crippen LogP contribution in [0.4, 0.5) is 0 Å². The lowest BCUT2D eigenvalue weighted by Crippen LogP contribution is -1.97. The molecular weight excluding hydrogens is 364 g/mol. The number of para-hydroxylation sites is 1. The fourth-order valence-electron chi connectivity index (χ4n) is 2.82. The van der Waals surface area contributed by atoms with Gasteiger partial charge in [0.1, 0.15) is 5.82 Å². The van der Waals surface area contributed by atoms with Crippen LogP contribution in [-0.2, 0) is 0 Å². The van der Waals surface area contributed by atoms with Crippen LogP contribution in [0.2, 0.25) is 0 Å². The van der Waals surface area contributed by atoms with Crippen LogP contribution in [-0.4, -0.2) is 15.8 Å². The highest BCUT2D eigenvalue weighted by Crippen LogP contribution is 2.31. The largest absolute Gasteiger partial charge is 0.298 e. The molecule has 0 amide bonds. The molecular formula is C20H13BrN2O. The molecule has 1 heterocycles. The number of rotatable bonds is 3. The predicted molar refractivity (Wildman–Crippen MR) is 99.6 cm³/mol. The van der Waals surface area contributed by atoms with E-state index < -0.39 is 0 Å². The van der Waals surface area contributed by atoms with Crippen molar-refractivity contribution in [1.82, 2.24) is 9.55 Å². The van der Waals surface area contributed by atoms with Crippen LogP contribution in [0.25, 0.3) is 28.1 Å². The van der Waals surface area contributed by atoms with E-state index in [1.165, 1.54) is 0 Å². The van der Waals surface area contributed by atoms with Crippen LogP contribution in [0.3, 0.4) is 0 Å². The summed E-state index contributed by atoms with van der Waals surface area (Å²) in [6, 6.07) is 23.9. The zero-order chi connectivity index (χ0) is 16.5. The summed E-state index contributed by atoms with van der Waals surface area (Å²) < 4.78 is 2.88. The van der Waals surface area contributed by atoms with E-state index in [-0.39, 0.29) is 0 Å². The number of benzene rings is 3. The molecule has 0 N–H and O–H groups in total. The molecule has 0 aliphatic carbocycles. The Kier molecular flexibility index (Phi) is 3.75. The molecule has 0 fully saturated rings. The molecule has 116 valence electrons. The Morgan fingerprint density at radius 1 is 0.917 bits per heavy atom. The summed E-state index contributed by atoms with van der Waals surface area (Å²) in [4.78, 5) is 16.0. The average Bonchev–Trinajstić information content (AvgIpc) is 3.00. The van der Waals surface area contributed by atoms with Gasteiger partial charge in [-0.25, -0.2) is 4.98 Å². The maximum atomic E-state index is 11.2. The van der Waals surface area contributed by atoms with Crippen LogP contribution in [0.15, 0.2) is 77.3 Å². The lowest BCUT2D eigenvalue weighted by Gasteiger charge is -2.09. The first-order valence-electron chi connectivity index (χ1n) is 7.56. The highest BCUT2D eigenvalue weighted by Gasteiger charge is 2.15. The van der Waals surface area contributed by atoms with Gasteiger partial charge >= 0.3 is 0 Å². The minimum Gasteiger partial charge on any atom is -0.298 e. The molecule has 3 aromatic carbocycles. The molecule has 0 aliphatic heterocycles. The molecule has 1 aromatic heterocycles. The summed E-state index contributed by atoms with van der Waals surface area (Å²) in [5, 5.41) is 0.